The van der Waals surface area contributed by atoms with Crippen LogP contribution in [0.3, 0.4) is 0 Å². The van der Waals surface area contributed by atoms with Crippen molar-refractivity contribution in [1.82, 2.24) is 5.32 Å². The summed E-state index contributed by atoms with van der Waals surface area (Å²) in [6.45, 7) is 5.94. The van der Waals surface area contributed by atoms with Crippen molar-refractivity contribution in [1.29, 1.82) is 0 Å². The Bertz CT molecular complexity index is 310. The average Bonchev–Trinajstić information content (AvgIpc) is 2.16. The molecule has 0 unspecified atom stereocenters. The van der Waals surface area contributed by atoms with E-state index in [0.717, 1.165) is 24.0 Å². The van der Waals surface area contributed by atoms with E-state index in [2.05, 4.69) is 53.3 Å². The van der Waals surface area contributed by atoms with E-state index in [1.54, 1.807) is 0 Å². The predicted molar refractivity (Wildman–Crippen MR) is 68.7 cm³/mol. The molecule has 0 aliphatic heterocycles. The van der Waals surface area contributed by atoms with Gasteiger partial charge in [0, 0.05) is 16.6 Å². The molecule has 0 aliphatic carbocycles. The van der Waals surface area contributed by atoms with Crippen molar-refractivity contribution in [2.75, 3.05) is 6.54 Å². The molecule has 0 fully saturated rings. The van der Waals surface area contributed by atoms with Gasteiger partial charge in [0.1, 0.15) is 0 Å². The Morgan fingerprint density at radius 2 is 2.00 bits per heavy atom. The molecule has 0 saturated heterocycles. The minimum Gasteiger partial charge on any atom is -0.330 e. The molecule has 0 saturated carbocycles. The lowest BCUT2D eigenvalue weighted by molar-refractivity contribution is 0.365. The van der Waals surface area contributed by atoms with Crippen LogP contribution in [0, 0.1) is 0 Å². The number of benzene rings is 1. The third-order valence-corrected chi connectivity index (χ3v) is 3.26. The molecule has 84 valence electrons. The molecule has 0 radical (unpaired) electrons. The van der Waals surface area contributed by atoms with Gasteiger partial charge in [-0.1, -0.05) is 34.1 Å². The second kappa shape index (κ2) is 5.64. The van der Waals surface area contributed by atoms with E-state index in [4.69, 9.17) is 5.73 Å². The molecule has 0 bridgehead atoms. The summed E-state index contributed by atoms with van der Waals surface area (Å²) in [5.41, 5.74) is 6.95. The lowest BCUT2D eigenvalue weighted by Gasteiger charge is -2.26. The predicted octanol–water partition coefficient (Wildman–Crippen LogP) is 2.67. The Morgan fingerprint density at radius 3 is 2.60 bits per heavy atom. The molecule has 2 nitrogen and oxygen atoms in total. The molecule has 3 N–H and O–H groups in total. The van der Waals surface area contributed by atoms with Gasteiger partial charge < -0.3 is 11.1 Å². The molecule has 0 spiro atoms. The standard InChI is InChI=1S/C12H19BrN2/c1-12(2,7-8-14)15-9-10-5-3-4-6-11(10)13/h3-6,15H,7-9,14H2,1-2H3. The number of nitrogens with one attached hydrogen (secondary N) is 1. The summed E-state index contributed by atoms with van der Waals surface area (Å²) >= 11 is 3.54. The van der Waals surface area contributed by atoms with Gasteiger partial charge in [0.15, 0.2) is 0 Å². The van der Waals surface area contributed by atoms with Gasteiger partial charge >= 0.3 is 0 Å². The fraction of sp³-hybridized carbons (Fsp3) is 0.500. The number of halogens is 1. The van der Waals surface area contributed by atoms with E-state index < -0.39 is 0 Å². The Kier molecular flexibility index (Phi) is 4.77. The van der Waals surface area contributed by atoms with Crippen LogP contribution in [0.15, 0.2) is 28.7 Å². The third-order valence-electron chi connectivity index (χ3n) is 2.48. The highest BCUT2D eigenvalue weighted by atomic mass is 79.9. The van der Waals surface area contributed by atoms with Gasteiger partial charge in [0.2, 0.25) is 0 Å². The summed E-state index contributed by atoms with van der Waals surface area (Å²) in [4.78, 5) is 0. The van der Waals surface area contributed by atoms with Crippen molar-refractivity contribution in [3.05, 3.63) is 34.3 Å². The minimum absolute atomic E-state index is 0.101. The highest BCUT2D eigenvalue weighted by Crippen LogP contribution is 2.17. The van der Waals surface area contributed by atoms with Crippen molar-refractivity contribution in [2.45, 2.75) is 32.4 Å². The summed E-state index contributed by atoms with van der Waals surface area (Å²) < 4.78 is 1.15. The molecule has 0 aromatic heterocycles. The maximum Gasteiger partial charge on any atom is 0.0221 e. The van der Waals surface area contributed by atoms with Crippen LogP contribution < -0.4 is 11.1 Å². The quantitative estimate of drug-likeness (QED) is 0.864. The van der Waals surface area contributed by atoms with E-state index in [0.29, 0.717) is 0 Å². The Labute approximate surface area is 100 Å². The van der Waals surface area contributed by atoms with Crippen LogP contribution >= 0.6 is 15.9 Å². The van der Waals surface area contributed by atoms with Crippen LogP contribution in [0.4, 0.5) is 0 Å². The smallest absolute Gasteiger partial charge is 0.0221 e. The highest BCUT2D eigenvalue weighted by molar-refractivity contribution is 9.10. The van der Waals surface area contributed by atoms with Gasteiger partial charge in [0.25, 0.3) is 0 Å². The van der Waals surface area contributed by atoms with E-state index in [-0.39, 0.29) is 5.54 Å². The van der Waals surface area contributed by atoms with Gasteiger partial charge in [-0.15, -0.1) is 0 Å². The second-order valence-electron chi connectivity index (χ2n) is 4.37. The van der Waals surface area contributed by atoms with Gasteiger partial charge in [-0.2, -0.15) is 0 Å². The Morgan fingerprint density at radius 1 is 1.33 bits per heavy atom. The summed E-state index contributed by atoms with van der Waals surface area (Å²) in [5.74, 6) is 0. The molecular formula is C12H19BrN2. The van der Waals surface area contributed by atoms with Crippen molar-refractivity contribution < 1.29 is 0 Å². The maximum absolute atomic E-state index is 5.56. The van der Waals surface area contributed by atoms with Crippen molar-refractivity contribution in [3.8, 4) is 0 Å². The van der Waals surface area contributed by atoms with E-state index in [9.17, 15) is 0 Å². The lowest BCUT2D eigenvalue weighted by Crippen LogP contribution is -2.40. The lowest BCUT2D eigenvalue weighted by atomic mass is 10.0. The minimum atomic E-state index is 0.101. The molecule has 15 heavy (non-hydrogen) atoms. The van der Waals surface area contributed by atoms with Crippen LogP contribution in [0.5, 0.6) is 0 Å². The fourth-order valence-electron chi connectivity index (χ4n) is 1.43. The van der Waals surface area contributed by atoms with Crippen LogP contribution in [0.1, 0.15) is 25.8 Å². The first kappa shape index (κ1) is 12.7. The number of nitrogens with two attached hydrogens (primary N) is 1. The summed E-state index contributed by atoms with van der Waals surface area (Å²) in [6, 6.07) is 8.26. The van der Waals surface area contributed by atoms with Crippen LogP contribution in [-0.4, -0.2) is 12.1 Å². The van der Waals surface area contributed by atoms with Gasteiger partial charge in [0.05, 0.1) is 0 Å². The van der Waals surface area contributed by atoms with Crippen molar-refractivity contribution in [3.63, 3.8) is 0 Å². The topological polar surface area (TPSA) is 38.0 Å². The SMILES string of the molecule is CC(C)(CCN)NCc1ccccc1Br. The van der Waals surface area contributed by atoms with Crippen LogP contribution in [0.2, 0.25) is 0 Å². The summed E-state index contributed by atoms with van der Waals surface area (Å²) in [5, 5.41) is 3.51. The molecule has 0 atom stereocenters. The monoisotopic (exact) mass is 270 g/mol. The van der Waals surface area contributed by atoms with Crippen molar-refractivity contribution >= 4 is 15.9 Å². The average molecular weight is 271 g/mol. The molecule has 0 amide bonds. The molecule has 0 heterocycles. The van der Waals surface area contributed by atoms with Gasteiger partial charge in [-0.25, -0.2) is 0 Å². The largest absolute Gasteiger partial charge is 0.330 e. The number of rotatable bonds is 5. The molecule has 1 aromatic rings. The maximum atomic E-state index is 5.56. The van der Waals surface area contributed by atoms with Crippen molar-refractivity contribution in [2.24, 2.45) is 5.73 Å². The highest BCUT2D eigenvalue weighted by Gasteiger charge is 2.15. The Hall–Kier alpha value is -0.380. The normalized spacial score (nSPS) is 11.7. The first-order chi connectivity index (χ1) is 7.05. The zero-order valence-corrected chi connectivity index (χ0v) is 11.0. The molecule has 3 heteroatoms. The zero-order valence-electron chi connectivity index (χ0n) is 9.39. The summed E-state index contributed by atoms with van der Waals surface area (Å²) in [7, 11) is 0. The van der Waals surface area contributed by atoms with Crippen LogP contribution in [-0.2, 0) is 6.54 Å². The number of hydrogen-bond acceptors (Lipinski definition) is 2. The first-order valence-corrected chi connectivity index (χ1v) is 6.03. The van der Waals surface area contributed by atoms with E-state index >= 15 is 0 Å². The summed E-state index contributed by atoms with van der Waals surface area (Å²) in [6.07, 6.45) is 0.984. The molecule has 1 aromatic carbocycles. The number of hydrogen-bond donors (Lipinski definition) is 2. The molecule has 0 aliphatic rings. The van der Waals surface area contributed by atoms with Gasteiger partial charge in [-0.05, 0) is 38.4 Å². The van der Waals surface area contributed by atoms with E-state index in [1.165, 1.54) is 5.56 Å². The molecular weight excluding hydrogens is 252 g/mol. The molecule has 1 rings (SSSR count). The van der Waals surface area contributed by atoms with Crippen LogP contribution in [0.25, 0.3) is 0 Å². The Balaban J connectivity index is 2.53. The van der Waals surface area contributed by atoms with E-state index in [1.807, 2.05) is 6.07 Å². The zero-order chi connectivity index (χ0) is 11.3. The van der Waals surface area contributed by atoms with Gasteiger partial charge in [-0.3, -0.25) is 0 Å². The fourth-order valence-corrected chi connectivity index (χ4v) is 1.85. The first-order valence-electron chi connectivity index (χ1n) is 5.24. The second-order valence-corrected chi connectivity index (χ2v) is 5.22. The third kappa shape index (κ3) is 4.33.